The number of hydrogen-bond acceptors (Lipinski definition) is 4. The van der Waals surface area contributed by atoms with Crippen LogP contribution in [0, 0.1) is 6.33 Å². The molecule has 4 heteroatoms. The van der Waals surface area contributed by atoms with Crippen LogP contribution in [0.15, 0.2) is 24.5 Å². The van der Waals surface area contributed by atoms with Crippen LogP contribution in [0.25, 0.3) is 11.4 Å². The summed E-state index contributed by atoms with van der Waals surface area (Å²) < 4.78 is 5.43. The number of hydrogen-bond donors (Lipinski definition) is 0. The van der Waals surface area contributed by atoms with Crippen LogP contribution in [0.2, 0.25) is 0 Å². The van der Waals surface area contributed by atoms with E-state index in [2.05, 4.69) is 27.3 Å². The monoisotopic (exact) mass is 212 g/mol. The third-order valence-electron chi connectivity index (χ3n) is 2.72. The van der Waals surface area contributed by atoms with Crippen molar-refractivity contribution in [3.63, 3.8) is 0 Å². The molecule has 4 nitrogen and oxygen atoms in total. The van der Waals surface area contributed by atoms with E-state index >= 15 is 0 Å². The molecule has 2 heterocycles. The number of benzene rings is 1. The maximum atomic E-state index is 5.43. The second-order valence-corrected chi connectivity index (χ2v) is 3.65. The van der Waals surface area contributed by atoms with E-state index in [4.69, 9.17) is 4.74 Å². The highest BCUT2D eigenvalue weighted by Gasteiger charge is 2.15. The molecule has 0 unspecified atom stereocenters. The first kappa shape index (κ1) is 9.42. The molecule has 0 aliphatic carbocycles. The van der Waals surface area contributed by atoms with Crippen LogP contribution in [0.1, 0.15) is 11.1 Å². The molecule has 1 radical (unpaired) electrons. The van der Waals surface area contributed by atoms with Gasteiger partial charge >= 0.3 is 0 Å². The fourth-order valence-electron chi connectivity index (χ4n) is 1.98. The Morgan fingerprint density at radius 3 is 3.19 bits per heavy atom. The average Bonchev–Trinajstić information content (AvgIpc) is 2.39. The van der Waals surface area contributed by atoms with Gasteiger partial charge in [0, 0.05) is 5.56 Å². The summed E-state index contributed by atoms with van der Waals surface area (Å²) in [4.78, 5) is 11.9. The zero-order chi connectivity index (χ0) is 10.8. The van der Waals surface area contributed by atoms with Crippen LogP contribution in [0.3, 0.4) is 0 Å². The van der Waals surface area contributed by atoms with Gasteiger partial charge in [0.1, 0.15) is 6.33 Å². The molecule has 0 atom stereocenters. The van der Waals surface area contributed by atoms with E-state index in [1.807, 2.05) is 12.1 Å². The van der Waals surface area contributed by atoms with Crippen molar-refractivity contribution in [1.82, 2.24) is 15.0 Å². The van der Waals surface area contributed by atoms with Crippen molar-refractivity contribution < 1.29 is 4.74 Å². The van der Waals surface area contributed by atoms with Gasteiger partial charge in [0.15, 0.2) is 5.82 Å². The molecule has 2 aromatic rings. The molecule has 1 aromatic heterocycles. The van der Waals surface area contributed by atoms with E-state index in [1.165, 1.54) is 17.5 Å². The van der Waals surface area contributed by atoms with Crippen molar-refractivity contribution in [3.05, 3.63) is 42.0 Å². The SMILES string of the molecule is [c]1ncnc(-c2cccc3c2CCOC3)n1. The van der Waals surface area contributed by atoms with Crippen LogP contribution >= 0.6 is 0 Å². The highest BCUT2D eigenvalue weighted by molar-refractivity contribution is 5.62. The Hall–Kier alpha value is -1.81. The van der Waals surface area contributed by atoms with Gasteiger partial charge < -0.3 is 4.74 Å². The van der Waals surface area contributed by atoms with E-state index in [-0.39, 0.29) is 0 Å². The van der Waals surface area contributed by atoms with Gasteiger partial charge in [-0.2, -0.15) is 0 Å². The van der Waals surface area contributed by atoms with Crippen molar-refractivity contribution in [2.75, 3.05) is 6.61 Å². The van der Waals surface area contributed by atoms with Crippen LogP contribution in [0.5, 0.6) is 0 Å². The summed E-state index contributed by atoms with van der Waals surface area (Å²) >= 11 is 0. The van der Waals surface area contributed by atoms with E-state index < -0.39 is 0 Å². The summed E-state index contributed by atoms with van der Waals surface area (Å²) in [6.45, 7) is 1.44. The molecule has 79 valence electrons. The van der Waals surface area contributed by atoms with E-state index in [9.17, 15) is 0 Å². The Morgan fingerprint density at radius 1 is 1.31 bits per heavy atom. The lowest BCUT2D eigenvalue weighted by Crippen LogP contribution is -2.11. The summed E-state index contributed by atoms with van der Waals surface area (Å²) in [5.41, 5.74) is 3.58. The lowest BCUT2D eigenvalue weighted by atomic mass is 9.97. The summed E-state index contributed by atoms with van der Waals surface area (Å²) in [7, 11) is 0. The fraction of sp³-hybridized carbons (Fsp3) is 0.250. The highest BCUT2D eigenvalue weighted by Crippen LogP contribution is 2.26. The number of ether oxygens (including phenoxy) is 1. The summed E-state index contributed by atoms with van der Waals surface area (Å²) in [6, 6.07) is 6.13. The minimum Gasteiger partial charge on any atom is -0.376 e. The molecule has 1 aliphatic rings. The molecule has 0 N–H and O–H groups in total. The topological polar surface area (TPSA) is 47.9 Å². The van der Waals surface area contributed by atoms with Crippen molar-refractivity contribution in [1.29, 1.82) is 0 Å². The maximum absolute atomic E-state index is 5.43. The van der Waals surface area contributed by atoms with Crippen molar-refractivity contribution >= 4 is 0 Å². The summed E-state index contributed by atoms with van der Waals surface area (Å²) in [5, 5.41) is 0. The summed E-state index contributed by atoms with van der Waals surface area (Å²) in [5.74, 6) is 0.689. The quantitative estimate of drug-likeness (QED) is 0.717. The molecule has 16 heavy (non-hydrogen) atoms. The lowest BCUT2D eigenvalue weighted by Gasteiger charge is -2.18. The van der Waals surface area contributed by atoms with Crippen molar-refractivity contribution in [2.45, 2.75) is 13.0 Å². The zero-order valence-corrected chi connectivity index (χ0v) is 8.68. The van der Waals surface area contributed by atoms with Gasteiger partial charge in [-0.3, -0.25) is 0 Å². The molecule has 1 aromatic carbocycles. The maximum Gasteiger partial charge on any atom is 0.201 e. The minimum atomic E-state index is 0.679. The number of fused-ring (bicyclic) bond motifs is 1. The predicted octanol–water partition coefficient (Wildman–Crippen LogP) is 1.41. The van der Waals surface area contributed by atoms with Crippen molar-refractivity contribution in [3.8, 4) is 11.4 Å². The van der Waals surface area contributed by atoms with Gasteiger partial charge in [-0.1, -0.05) is 18.2 Å². The van der Waals surface area contributed by atoms with Crippen LogP contribution in [-0.2, 0) is 17.8 Å². The standard InChI is InChI=1S/C12H10N3O/c1-2-9-6-16-5-4-10(9)11(3-1)12-14-7-13-8-15-12/h1-3,7H,4-6H2. The van der Waals surface area contributed by atoms with Gasteiger partial charge in [0.25, 0.3) is 0 Å². The average molecular weight is 212 g/mol. The van der Waals surface area contributed by atoms with Crippen LogP contribution in [-0.4, -0.2) is 21.6 Å². The first-order valence-corrected chi connectivity index (χ1v) is 5.19. The third-order valence-corrected chi connectivity index (χ3v) is 2.72. The molecule has 0 amide bonds. The van der Waals surface area contributed by atoms with E-state index in [0.717, 1.165) is 18.6 Å². The van der Waals surface area contributed by atoms with Gasteiger partial charge in [0.05, 0.1) is 13.2 Å². The fourth-order valence-corrected chi connectivity index (χ4v) is 1.98. The Bertz CT molecular complexity index is 499. The van der Waals surface area contributed by atoms with Gasteiger partial charge in [-0.25, -0.2) is 15.0 Å². The molecule has 3 rings (SSSR count). The Morgan fingerprint density at radius 2 is 2.31 bits per heavy atom. The lowest BCUT2D eigenvalue weighted by molar-refractivity contribution is 0.111. The Kier molecular flexibility index (Phi) is 2.34. The van der Waals surface area contributed by atoms with Gasteiger partial charge in [-0.05, 0) is 17.5 Å². The van der Waals surface area contributed by atoms with Crippen molar-refractivity contribution in [2.24, 2.45) is 0 Å². The Labute approximate surface area is 93.3 Å². The molecule has 0 spiro atoms. The van der Waals surface area contributed by atoms with Gasteiger partial charge in [-0.15, -0.1) is 0 Å². The first-order valence-electron chi connectivity index (χ1n) is 5.19. The van der Waals surface area contributed by atoms with E-state index in [0.29, 0.717) is 12.4 Å². The zero-order valence-electron chi connectivity index (χ0n) is 8.68. The van der Waals surface area contributed by atoms with E-state index in [1.54, 1.807) is 0 Å². The predicted molar refractivity (Wildman–Crippen MR) is 57.5 cm³/mol. The van der Waals surface area contributed by atoms with Crippen LogP contribution < -0.4 is 0 Å². The largest absolute Gasteiger partial charge is 0.376 e. The molecular formula is C12H10N3O. The Balaban J connectivity index is 2.14. The second kappa shape index (κ2) is 3.98. The third kappa shape index (κ3) is 1.57. The number of aromatic nitrogens is 3. The smallest absolute Gasteiger partial charge is 0.201 e. The van der Waals surface area contributed by atoms with Crippen LogP contribution in [0.4, 0.5) is 0 Å². The molecule has 0 bridgehead atoms. The molecule has 0 saturated heterocycles. The molecule has 1 aliphatic heterocycles. The number of nitrogens with zero attached hydrogens (tertiary/aromatic N) is 3. The molecule has 0 fully saturated rings. The first-order chi connectivity index (χ1) is 7.95. The molecule has 0 saturated carbocycles. The summed E-state index contributed by atoms with van der Waals surface area (Å²) in [6.07, 6.45) is 4.96. The highest BCUT2D eigenvalue weighted by atomic mass is 16.5. The second-order valence-electron chi connectivity index (χ2n) is 3.65. The van der Waals surface area contributed by atoms with Gasteiger partial charge in [0.2, 0.25) is 6.33 Å². The number of rotatable bonds is 1. The minimum absolute atomic E-state index is 0.679. The normalized spacial score (nSPS) is 14.5. The molecular weight excluding hydrogens is 202 g/mol.